The lowest BCUT2D eigenvalue weighted by Gasteiger charge is -2.40. The van der Waals surface area contributed by atoms with E-state index < -0.39 is 64.9 Å². The number of fused-ring (bicyclic) bond motifs is 3. The van der Waals surface area contributed by atoms with Crippen molar-refractivity contribution in [3.05, 3.63) is 76.7 Å². The second-order valence-electron chi connectivity index (χ2n) is 14.4. The number of H-pyrrole nitrogens is 1. The van der Waals surface area contributed by atoms with Crippen molar-refractivity contribution >= 4 is 35.2 Å². The van der Waals surface area contributed by atoms with Crippen LogP contribution in [0.25, 0.3) is 5.57 Å². The van der Waals surface area contributed by atoms with Crippen LogP contribution in [0.3, 0.4) is 0 Å². The van der Waals surface area contributed by atoms with Gasteiger partial charge in [-0.05, 0) is 73.8 Å². The largest absolute Gasteiger partial charge is 0.425 e. The first-order valence-electron chi connectivity index (χ1n) is 19.0. The van der Waals surface area contributed by atoms with E-state index in [2.05, 4.69) is 43.1 Å². The van der Waals surface area contributed by atoms with E-state index in [4.69, 9.17) is 4.74 Å². The predicted octanol–water partition coefficient (Wildman–Crippen LogP) is 5.53. The third-order valence-electron chi connectivity index (χ3n) is 10.6. The molecular weight excluding hydrogens is 734 g/mol. The van der Waals surface area contributed by atoms with E-state index in [-0.39, 0.29) is 61.1 Å². The summed E-state index contributed by atoms with van der Waals surface area (Å²) >= 11 is 0. The lowest BCUT2D eigenvalue weighted by Crippen LogP contribution is -2.67. The molecule has 1 heterocycles. The fourth-order valence-corrected chi connectivity index (χ4v) is 7.12. The highest BCUT2D eigenvalue weighted by atomic mass is 19.4. The summed E-state index contributed by atoms with van der Waals surface area (Å²) in [6, 6.07) is 3.20. The van der Waals surface area contributed by atoms with Crippen LogP contribution in [0.15, 0.2) is 47.8 Å². The average molecular weight is 788 g/mol. The summed E-state index contributed by atoms with van der Waals surface area (Å²) in [4.78, 5) is 61.9. The summed E-state index contributed by atoms with van der Waals surface area (Å²) in [6.45, 7) is 13.2. The third-order valence-corrected chi connectivity index (χ3v) is 10.6. The van der Waals surface area contributed by atoms with Crippen LogP contribution in [0.4, 0.5) is 22.4 Å². The quantitative estimate of drug-likeness (QED) is 0.0604. The number of nitrogens with zero attached hydrogens (tertiary/aromatic N) is 1. The highest BCUT2D eigenvalue weighted by Crippen LogP contribution is 2.43. The highest BCUT2D eigenvalue weighted by molar-refractivity contribution is 5.98. The van der Waals surface area contributed by atoms with Gasteiger partial charge in [0, 0.05) is 25.7 Å². The normalized spacial score (nSPS) is 18.8. The molecule has 12 nitrogen and oxygen atoms in total. The molecule has 6 N–H and O–H groups in total. The standard InChI is InChI=1S/C40H53F4N7O5/c1-8-22(4)32(49-31(52)20-25-14-11-12-17-29(25)41)35(53)51-39(19-18-30-27(21-39)26-15-13-16-28(34(26)48-30)40(42,43)44)37(54)50-33(23(5)9-2)36(45-7)56-24(6)47-38(55)46-10-3/h11-12,14,16-17,22-23,32-33,48H,6,8-10,13,15,18-21H2,1-5,7H3,(H,49,52)(H,50,54)(H,51,53)(H2,46,47,55)/t22?,23?,32?,33-,39-/m0/s1. The van der Waals surface area contributed by atoms with Gasteiger partial charge in [-0.3, -0.25) is 24.7 Å². The number of aromatic nitrogens is 1. The topological polar surface area (TPSA) is 166 Å². The Morgan fingerprint density at radius 2 is 1.68 bits per heavy atom. The van der Waals surface area contributed by atoms with E-state index >= 15 is 0 Å². The Labute approximate surface area is 324 Å². The summed E-state index contributed by atoms with van der Waals surface area (Å²) < 4.78 is 62.7. The van der Waals surface area contributed by atoms with Crippen LogP contribution >= 0.6 is 0 Å². The number of hydrogen-bond acceptors (Lipinski definition) is 6. The Morgan fingerprint density at radius 3 is 2.30 bits per heavy atom. The Hall–Kier alpha value is -5.15. The van der Waals surface area contributed by atoms with Gasteiger partial charge in [-0.15, -0.1) is 0 Å². The molecule has 306 valence electrons. The van der Waals surface area contributed by atoms with Gasteiger partial charge >= 0.3 is 12.2 Å². The first-order valence-corrected chi connectivity index (χ1v) is 19.0. The number of aromatic amines is 1. The van der Waals surface area contributed by atoms with Crippen LogP contribution < -0.4 is 26.6 Å². The van der Waals surface area contributed by atoms with Gasteiger partial charge in [0.25, 0.3) is 0 Å². The molecule has 1 aromatic heterocycles. The number of ether oxygens (including phenoxy) is 1. The number of carbonyl (C=O) groups is 4. The number of allylic oxidation sites excluding steroid dienone is 2. The zero-order valence-electron chi connectivity index (χ0n) is 32.8. The number of urea groups is 1. The van der Waals surface area contributed by atoms with Crippen molar-refractivity contribution in [1.82, 2.24) is 31.6 Å². The maximum atomic E-state index is 14.9. The molecule has 2 aliphatic carbocycles. The summed E-state index contributed by atoms with van der Waals surface area (Å²) in [5.41, 5.74) is -0.888. The number of aryl methyl sites for hydroxylation is 1. The molecule has 56 heavy (non-hydrogen) atoms. The van der Waals surface area contributed by atoms with Crippen LogP contribution in [-0.2, 0) is 44.8 Å². The molecule has 0 bridgehead atoms. The van der Waals surface area contributed by atoms with Crippen LogP contribution in [0.1, 0.15) is 88.4 Å². The van der Waals surface area contributed by atoms with Crippen molar-refractivity contribution in [2.24, 2.45) is 16.8 Å². The van der Waals surface area contributed by atoms with Gasteiger partial charge in [-0.1, -0.05) is 64.8 Å². The lowest BCUT2D eigenvalue weighted by atomic mass is 9.76. The number of amides is 5. The maximum Gasteiger partial charge on any atom is 0.418 e. The second kappa shape index (κ2) is 18.7. The molecule has 0 radical (unpaired) electrons. The number of carbonyl (C=O) groups excluding carboxylic acids is 4. The summed E-state index contributed by atoms with van der Waals surface area (Å²) in [5, 5.41) is 13.7. The fraction of sp³-hybridized carbons (Fsp3) is 0.525. The smallest absolute Gasteiger partial charge is 0.418 e. The molecule has 0 saturated heterocycles. The highest BCUT2D eigenvalue weighted by Gasteiger charge is 2.48. The van der Waals surface area contributed by atoms with Gasteiger partial charge in [0.2, 0.25) is 23.6 Å². The van der Waals surface area contributed by atoms with E-state index in [1.807, 2.05) is 20.8 Å². The molecular formula is C40H53F4N7O5. The Kier molecular flexibility index (Phi) is 14.5. The molecule has 4 rings (SSSR count). The lowest BCUT2D eigenvalue weighted by molar-refractivity contribution is -0.137. The van der Waals surface area contributed by atoms with Crippen LogP contribution in [0, 0.1) is 17.7 Å². The number of alkyl halides is 3. The fourth-order valence-electron chi connectivity index (χ4n) is 7.12. The summed E-state index contributed by atoms with van der Waals surface area (Å²) in [6.07, 6.45) is -2.38. The predicted molar refractivity (Wildman–Crippen MR) is 205 cm³/mol. The van der Waals surface area contributed by atoms with Gasteiger partial charge in [-0.25, -0.2) is 9.18 Å². The molecule has 0 saturated carbocycles. The summed E-state index contributed by atoms with van der Waals surface area (Å²) in [5.74, 6) is -3.37. The third kappa shape index (κ3) is 10.2. The van der Waals surface area contributed by atoms with Crippen molar-refractivity contribution in [3.8, 4) is 0 Å². The number of rotatable bonds is 15. The van der Waals surface area contributed by atoms with Gasteiger partial charge in [0.05, 0.1) is 17.7 Å². The van der Waals surface area contributed by atoms with Crippen LogP contribution in [-0.4, -0.2) is 72.0 Å². The Morgan fingerprint density at radius 1 is 1.00 bits per heavy atom. The van der Waals surface area contributed by atoms with E-state index in [1.165, 1.54) is 25.2 Å². The molecule has 0 fully saturated rings. The SMILES string of the molecule is C=C(NC(=O)NCC)OC(=NC)[C@@H](NC(=O)[C@]1(NC(=O)C(NC(=O)Cc2ccccc2F)C(C)CC)CCc2[nH]c3c(c2C1)CCC=C3C(F)(F)F)C(C)CC. The number of halogens is 4. The molecule has 0 aliphatic heterocycles. The first-order chi connectivity index (χ1) is 26.5. The zero-order valence-corrected chi connectivity index (χ0v) is 32.8. The van der Waals surface area contributed by atoms with E-state index in [9.17, 15) is 36.7 Å². The van der Waals surface area contributed by atoms with Gasteiger partial charge in [-0.2, -0.15) is 13.2 Å². The van der Waals surface area contributed by atoms with Gasteiger partial charge in [0.15, 0.2) is 5.88 Å². The first kappa shape index (κ1) is 43.6. The molecule has 3 unspecified atom stereocenters. The molecule has 2 aliphatic rings. The number of aliphatic imine (C=N–C) groups is 1. The van der Waals surface area contributed by atoms with E-state index in [0.717, 1.165) is 6.08 Å². The molecule has 5 amide bonds. The average Bonchev–Trinajstić information content (AvgIpc) is 3.52. The molecule has 5 atom stereocenters. The molecule has 16 heteroatoms. The van der Waals surface area contributed by atoms with Gasteiger partial charge in [0.1, 0.15) is 23.4 Å². The number of benzene rings is 1. The minimum absolute atomic E-state index is 0.00340. The van der Waals surface area contributed by atoms with Crippen molar-refractivity contribution < 1.29 is 41.5 Å². The van der Waals surface area contributed by atoms with E-state index in [1.54, 1.807) is 19.9 Å². The van der Waals surface area contributed by atoms with Gasteiger partial charge < -0.3 is 31.0 Å². The Bertz CT molecular complexity index is 1860. The van der Waals surface area contributed by atoms with Crippen LogP contribution in [0.5, 0.6) is 0 Å². The maximum absolute atomic E-state index is 14.9. The summed E-state index contributed by atoms with van der Waals surface area (Å²) in [7, 11) is 1.44. The molecule has 2 aromatic rings. The van der Waals surface area contributed by atoms with Crippen molar-refractivity contribution in [2.75, 3.05) is 13.6 Å². The number of nitrogens with one attached hydrogen (secondary N) is 6. The minimum atomic E-state index is -4.61. The number of hydrogen-bond donors (Lipinski definition) is 6. The van der Waals surface area contributed by atoms with Crippen molar-refractivity contribution in [3.63, 3.8) is 0 Å². The molecule has 0 spiro atoms. The monoisotopic (exact) mass is 787 g/mol. The van der Waals surface area contributed by atoms with E-state index in [0.29, 0.717) is 42.6 Å². The second-order valence-corrected chi connectivity index (χ2v) is 14.4. The zero-order chi connectivity index (χ0) is 41.4. The van der Waals surface area contributed by atoms with Crippen LogP contribution in [0.2, 0.25) is 0 Å². The van der Waals surface area contributed by atoms with Crippen molar-refractivity contribution in [1.29, 1.82) is 0 Å². The van der Waals surface area contributed by atoms with Crippen molar-refractivity contribution in [2.45, 2.75) is 110 Å². The minimum Gasteiger partial charge on any atom is -0.425 e. The molecule has 1 aromatic carbocycles. The Balaban J connectivity index is 1.73.